The van der Waals surface area contributed by atoms with E-state index in [1.54, 1.807) is 29.2 Å². The van der Waals surface area contributed by atoms with Gasteiger partial charge in [-0.2, -0.15) is 0 Å². The van der Waals surface area contributed by atoms with Crippen LogP contribution in [0.5, 0.6) is 0 Å². The number of nitrogens with two attached hydrogens (primary N) is 1. The maximum absolute atomic E-state index is 13.8. The van der Waals surface area contributed by atoms with Gasteiger partial charge >= 0.3 is 0 Å². The van der Waals surface area contributed by atoms with Crippen LogP contribution in [-0.4, -0.2) is 6.04 Å². The summed E-state index contributed by atoms with van der Waals surface area (Å²) >= 11 is 3.28. The number of benzene rings is 1. The minimum Gasteiger partial charge on any atom is -0.327 e. The number of hydrogen-bond donors (Lipinski definition) is 1. The molecule has 0 bridgehead atoms. The second-order valence-corrected chi connectivity index (χ2v) is 6.24. The van der Waals surface area contributed by atoms with Crippen LogP contribution in [0.1, 0.15) is 17.7 Å². The summed E-state index contributed by atoms with van der Waals surface area (Å²) in [6.07, 6.45) is 0. The van der Waals surface area contributed by atoms with Crippen molar-refractivity contribution in [3.63, 3.8) is 0 Å². The third-order valence-electron chi connectivity index (χ3n) is 2.43. The van der Waals surface area contributed by atoms with Crippen molar-refractivity contribution in [1.82, 2.24) is 0 Å². The highest BCUT2D eigenvalue weighted by molar-refractivity contribution is 8.01. The summed E-state index contributed by atoms with van der Waals surface area (Å²) in [4.78, 5) is 0. The Hall–Kier alpha value is -0.840. The molecule has 1 aromatic carbocycles. The van der Waals surface area contributed by atoms with Gasteiger partial charge in [-0.25, -0.2) is 4.39 Å². The van der Waals surface area contributed by atoms with Crippen molar-refractivity contribution in [1.29, 1.82) is 0 Å². The lowest BCUT2D eigenvalue weighted by Gasteiger charge is -2.20. The first-order valence-electron chi connectivity index (χ1n) is 5.38. The van der Waals surface area contributed by atoms with Crippen LogP contribution in [0.4, 0.5) is 4.39 Å². The third-order valence-corrected chi connectivity index (χ3v) is 4.97. The van der Waals surface area contributed by atoms with Gasteiger partial charge in [-0.1, -0.05) is 24.3 Å². The Kier molecular flexibility index (Phi) is 4.20. The van der Waals surface area contributed by atoms with Crippen LogP contribution in [0.2, 0.25) is 0 Å². The molecule has 0 aliphatic rings. The van der Waals surface area contributed by atoms with Crippen LogP contribution in [-0.2, 0) is 0 Å². The van der Waals surface area contributed by atoms with Crippen LogP contribution in [0.15, 0.2) is 46.0 Å². The van der Waals surface area contributed by atoms with Gasteiger partial charge in [0.1, 0.15) is 5.82 Å². The Morgan fingerprint density at radius 2 is 2.00 bits per heavy atom. The quantitative estimate of drug-likeness (QED) is 0.845. The minimum absolute atomic E-state index is 0.0464. The van der Waals surface area contributed by atoms with Crippen molar-refractivity contribution in [3.8, 4) is 0 Å². The van der Waals surface area contributed by atoms with E-state index >= 15 is 0 Å². The highest BCUT2D eigenvalue weighted by Gasteiger charge is 2.21. The minimum atomic E-state index is -0.182. The third kappa shape index (κ3) is 3.09. The molecular formula is C13H14FNS2. The smallest absolute Gasteiger partial charge is 0.127 e. The van der Waals surface area contributed by atoms with E-state index in [1.165, 1.54) is 6.07 Å². The monoisotopic (exact) mass is 267 g/mol. The Morgan fingerprint density at radius 3 is 2.59 bits per heavy atom. The summed E-state index contributed by atoms with van der Waals surface area (Å²) in [6.45, 7) is 1.91. The van der Waals surface area contributed by atoms with E-state index in [2.05, 4.69) is 0 Å². The average molecular weight is 267 g/mol. The highest BCUT2D eigenvalue weighted by Crippen LogP contribution is 2.40. The molecule has 17 heavy (non-hydrogen) atoms. The number of rotatable bonds is 4. The SMILES string of the molecule is CC(N)C(Sc1cccs1)c1ccccc1F. The summed E-state index contributed by atoms with van der Waals surface area (Å²) in [7, 11) is 0. The molecule has 1 nitrogen and oxygen atoms in total. The van der Waals surface area contributed by atoms with Crippen molar-refractivity contribution in [2.75, 3.05) is 0 Å². The summed E-state index contributed by atoms with van der Waals surface area (Å²) in [6, 6.07) is 10.8. The zero-order valence-electron chi connectivity index (χ0n) is 9.47. The molecule has 0 aliphatic heterocycles. The first-order chi connectivity index (χ1) is 8.18. The van der Waals surface area contributed by atoms with E-state index in [0.717, 1.165) is 4.21 Å². The Morgan fingerprint density at radius 1 is 1.24 bits per heavy atom. The molecule has 90 valence electrons. The molecule has 2 atom stereocenters. The maximum Gasteiger partial charge on any atom is 0.127 e. The number of halogens is 1. The lowest BCUT2D eigenvalue weighted by molar-refractivity contribution is 0.592. The maximum atomic E-state index is 13.8. The van der Waals surface area contributed by atoms with Crippen LogP contribution in [0.3, 0.4) is 0 Å². The highest BCUT2D eigenvalue weighted by atomic mass is 32.2. The molecule has 0 aliphatic carbocycles. The molecule has 0 saturated heterocycles. The predicted molar refractivity (Wildman–Crippen MR) is 73.0 cm³/mol. The van der Waals surface area contributed by atoms with Crippen molar-refractivity contribution >= 4 is 23.1 Å². The second kappa shape index (κ2) is 5.67. The van der Waals surface area contributed by atoms with Gasteiger partial charge in [-0.15, -0.1) is 23.1 Å². The average Bonchev–Trinajstić information content (AvgIpc) is 2.79. The Bertz CT molecular complexity index is 468. The lowest BCUT2D eigenvalue weighted by Crippen LogP contribution is -2.23. The normalized spacial score (nSPS) is 14.5. The van der Waals surface area contributed by atoms with Crippen LogP contribution in [0, 0.1) is 5.82 Å². The Balaban J connectivity index is 2.27. The molecule has 0 amide bonds. The summed E-state index contributed by atoms with van der Waals surface area (Å²) in [5.41, 5.74) is 6.65. The van der Waals surface area contributed by atoms with Gasteiger partial charge in [0.05, 0.1) is 9.46 Å². The molecule has 1 heterocycles. The molecule has 1 aromatic heterocycles. The molecule has 4 heteroatoms. The lowest BCUT2D eigenvalue weighted by atomic mass is 10.1. The number of hydrogen-bond acceptors (Lipinski definition) is 3. The second-order valence-electron chi connectivity index (χ2n) is 3.85. The fraction of sp³-hybridized carbons (Fsp3) is 0.231. The molecule has 2 aromatic rings. The molecule has 0 saturated carbocycles. The number of thiophene rings is 1. The Labute approximate surface area is 109 Å². The molecule has 2 rings (SSSR count). The van der Waals surface area contributed by atoms with Crippen molar-refractivity contribution in [2.45, 2.75) is 22.4 Å². The molecule has 0 fully saturated rings. The van der Waals surface area contributed by atoms with Crippen LogP contribution in [0.25, 0.3) is 0 Å². The molecule has 0 radical (unpaired) electrons. The van der Waals surface area contributed by atoms with Crippen molar-refractivity contribution < 1.29 is 4.39 Å². The van der Waals surface area contributed by atoms with Crippen molar-refractivity contribution in [2.24, 2.45) is 5.73 Å². The largest absolute Gasteiger partial charge is 0.327 e. The van der Waals surface area contributed by atoms with Gasteiger partial charge in [0.15, 0.2) is 0 Å². The van der Waals surface area contributed by atoms with Crippen LogP contribution >= 0.6 is 23.1 Å². The summed E-state index contributed by atoms with van der Waals surface area (Å²) < 4.78 is 14.9. The zero-order chi connectivity index (χ0) is 12.3. The van der Waals surface area contributed by atoms with E-state index in [4.69, 9.17) is 5.73 Å². The van der Waals surface area contributed by atoms with Gasteiger partial charge in [0, 0.05) is 11.6 Å². The van der Waals surface area contributed by atoms with E-state index in [1.807, 2.05) is 36.6 Å². The van der Waals surface area contributed by atoms with Gasteiger partial charge < -0.3 is 5.73 Å². The molecule has 2 N–H and O–H groups in total. The molecule has 0 spiro atoms. The van der Waals surface area contributed by atoms with E-state index in [9.17, 15) is 4.39 Å². The van der Waals surface area contributed by atoms with E-state index < -0.39 is 0 Å². The summed E-state index contributed by atoms with van der Waals surface area (Å²) in [5.74, 6) is -0.182. The standard InChI is InChI=1S/C13H14FNS2/c1-9(15)13(17-12-7-4-8-16-12)10-5-2-3-6-11(10)14/h2-9,13H,15H2,1H3. The van der Waals surface area contributed by atoms with Crippen molar-refractivity contribution in [3.05, 3.63) is 53.2 Å². The van der Waals surface area contributed by atoms with Gasteiger partial charge in [-0.3, -0.25) is 0 Å². The zero-order valence-corrected chi connectivity index (χ0v) is 11.1. The van der Waals surface area contributed by atoms with Crippen LogP contribution < -0.4 is 5.73 Å². The number of thioether (sulfide) groups is 1. The molecular weight excluding hydrogens is 253 g/mol. The predicted octanol–water partition coefficient (Wildman–Crippen LogP) is 4.07. The van der Waals surface area contributed by atoms with Gasteiger partial charge in [0.2, 0.25) is 0 Å². The van der Waals surface area contributed by atoms with Gasteiger partial charge in [-0.05, 0) is 24.4 Å². The van der Waals surface area contributed by atoms with Gasteiger partial charge in [0.25, 0.3) is 0 Å². The molecule has 2 unspecified atom stereocenters. The topological polar surface area (TPSA) is 26.0 Å². The van der Waals surface area contributed by atoms with E-state index in [-0.39, 0.29) is 17.1 Å². The fourth-order valence-corrected chi connectivity index (χ4v) is 3.70. The first-order valence-corrected chi connectivity index (χ1v) is 7.14. The fourth-order valence-electron chi connectivity index (χ4n) is 1.62. The van der Waals surface area contributed by atoms with E-state index in [0.29, 0.717) is 5.56 Å². The first kappa shape index (κ1) is 12.6. The summed E-state index contributed by atoms with van der Waals surface area (Å²) in [5, 5.41) is 1.97.